The third-order valence-corrected chi connectivity index (χ3v) is 5.65. The van der Waals surface area contributed by atoms with Crippen LogP contribution in [-0.4, -0.2) is 18.9 Å². The summed E-state index contributed by atoms with van der Waals surface area (Å²) in [6.07, 6.45) is 0. The first kappa shape index (κ1) is 17.4. The van der Waals surface area contributed by atoms with Crippen LogP contribution in [0.3, 0.4) is 0 Å². The highest BCUT2D eigenvalue weighted by molar-refractivity contribution is 7.13. The van der Waals surface area contributed by atoms with E-state index in [1.54, 1.807) is 4.68 Å². The second kappa shape index (κ2) is 6.28. The second-order valence-corrected chi connectivity index (χ2v) is 7.49. The van der Waals surface area contributed by atoms with Gasteiger partial charge < -0.3 is 10.3 Å². The zero-order valence-corrected chi connectivity index (χ0v) is 16.5. The van der Waals surface area contributed by atoms with Crippen LogP contribution in [0.1, 0.15) is 17.1 Å². The van der Waals surface area contributed by atoms with Gasteiger partial charge in [-0.3, -0.25) is 9.48 Å². The molecule has 27 heavy (non-hydrogen) atoms. The Balaban J connectivity index is 1.96. The summed E-state index contributed by atoms with van der Waals surface area (Å²) in [5.41, 5.74) is 11.9. The van der Waals surface area contributed by atoms with E-state index < -0.39 is 0 Å². The standard InChI is InChI=1S/C20H21N5OS/c1-12-10-16(17-11-27-20(21)22-17)13(2)24(12)18-14(3)23(4)25(19(18)26)15-8-6-5-7-9-15/h5-11H,1-4H3,(H2,21,22). The molecule has 6 nitrogen and oxygen atoms in total. The minimum atomic E-state index is -0.0488. The van der Waals surface area contributed by atoms with Crippen molar-refractivity contribution in [1.29, 1.82) is 0 Å². The summed E-state index contributed by atoms with van der Waals surface area (Å²) in [5.74, 6) is 0. The lowest BCUT2D eigenvalue weighted by Gasteiger charge is -2.08. The monoisotopic (exact) mass is 379 g/mol. The van der Waals surface area contributed by atoms with Gasteiger partial charge in [-0.25, -0.2) is 9.67 Å². The molecular formula is C20H21N5OS. The molecule has 0 aliphatic heterocycles. The average Bonchev–Trinajstić information content (AvgIpc) is 3.26. The van der Waals surface area contributed by atoms with Gasteiger partial charge in [0, 0.05) is 29.4 Å². The summed E-state index contributed by atoms with van der Waals surface area (Å²) >= 11 is 1.42. The van der Waals surface area contributed by atoms with Crippen molar-refractivity contribution in [3.63, 3.8) is 0 Å². The molecule has 0 aliphatic rings. The number of aryl methyl sites for hydroxylation is 1. The van der Waals surface area contributed by atoms with E-state index in [0.29, 0.717) is 10.8 Å². The van der Waals surface area contributed by atoms with Gasteiger partial charge in [-0.15, -0.1) is 11.3 Å². The Kier molecular flexibility index (Phi) is 4.04. The number of nitrogens with two attached hydrogens (primary N) is 1. The number of nitrogen functional groups attached to an aromatic ring is 1. The van der Waals surface area contributed by atoms with Crippen LogP contribution in [0.5, 0.6) is 0 Å². The number of nitrogens with zero attached hydrogens (tertiary/aromatic N) is 4. The quantitative estimate of drug-likeness (QED) is 0.591. The van der Waals surface area contributed by atoms with Crippen molar-refractivity contribution >= 4 is 16.5 Å². The third-order valence-electron chi connectivity index (χ3n) is 4.98. The molecule has 138 valence electrons. The molecule has 0 saturated heterocycles. The van der Waals surface area contributed by atoms with E-state index in [2.05, 4.69) is 11.1 Å². The van der Waals surface area contributed by atoms with Gasteiger partial charge in [0.2, 0.25) is 0 Å². The van der Waals surface area contributed by atoms with Gasteiger partial charge in [0.1, 0.15) is 5.69 Å². The summed E-state index contributed by atoms with van der Waals surface area (Å²) in [5, 5.41) is 2.48. The highest BCUT2D eigenvalue weighted by atomic mass is 32.1. The van der Waals surface area contributed by atoms with Gasteiger partial charge >= 0.3 is 0 Å². The van der Waals surface area contributed by atoms with Crippen LogP contribution in [-0.2, 0) is 7.05 Å². The second-order valence-electron chi connectivity index (χ2n) is 6.60. The Labute approximate surface area is 161 Å². The maximum Gasteiger partial charge on any atom is 0.295 e. The van der Waals surface area contributed by atoms with Crippen LogP contribution in [0.15, 0.2) is 46.6 Å². The summed E-state index contributed by atoms with van der Waals surface area (Å²) in [4.78, 5) is 17.8. The average molecular weight is 379 g/mol. The van der Waals surface area contributed by atoms with Crippen LogP contribution in [0.25, 0.3) is 22.6 Å². The van der Waals surface area contributed by atoms with E-state index in [9.17, 15) is 4.79 Å². The molecule has 0 fully saturated rings. The molecule has 4 rings (SSSR count). The largest absolute Gasteiger partial charge is 0.375 e. The van der Waals surface area contributed by atoms with Crippen molar-refractivity contribution in [1.82, 2.24) is 18.9 Å². The fraction of sp³-hybridized carbons (Fsp3) is 0.200. The molecule has 7 heteroatoms. The Morgan fingerprint density at radius 3 is 2.41 bits per heavy atom. The minimum absolute atomic E-state index is 0.0488. The molecule has 4 aromatic rings. The summed E-state index contributed by atoms with van der Waals surface area (Å²) in [7, 11) is 1.91. The Bertz CT molecular complexity index is 1190. The normalized spacial score (nSPS) is 11.3. The predicted molar refractivity (Wildman–Crippen MR) is 110 cm³/mol. The number of rotatable bonds is 3. The van der Waals surface area contributed by atoms with Crippen LogP contribution in [0.4, 0.5) is 5.13 Å². The van der Waals surface area contributed by atoms with Gasteiger partial charge in [0.25, 0.3) is 5.56 Å². The van der Waals surface area contributed by atoms with Crippen molar-refractivity contribution in [2.75, 3.05) is 5.73 Å². The van der Waals surface area contributed by atoms with Gasteiger partial charge in [-0.1, -0.05) is 18.2 Å². The van der Waals surface area contributed by atoms with Crippen LogP contribution in [0, 0.1) is 20.8 Å². The number of anilines is 1. The number of hydrogen-bond acceptors (Lipinski definition) is 4. The third kappa shape index (κ3) is 2.62. The molecule has 0 aliphatic carbocycles. The van der Waals surface area contributed by atoms with E-state index in [4.69, 9.17) is 5.73 Å². The fourth-order valence-corrected chi connectivity index (χ4v) is 4.15. The van der Waals surface area contributed by atoms with Crippen molar-refractivity contribution in [3.05, 3.63) is 69.2 Å². The lowest BCUT2D eigenvalue weighted by Crippen LogP contribution is -2.21. The van der Waals surface area contributed by atoms with Crippen LogP contribution >= 0.6 is 11.3 Å². The summed E-state index contributed by atoms with van der Waals surface area (Å²) < 4.78 is 5.61. The highest BCUT2D eigenvalue weighted by Crippen LogP contribution is 2.31. The van der Waals surface area contributed by atoms with Gasteiger partial charge in [0.15, 0.2) is 5.13 Å². The van der Waals surface area contributed by atoms with Gasteiger partial charge in [-0.05, 0) is 39.0 Å². The SMILES string of the molecule is Cc1cc(-c2csc(N)n2)c(C)n1-c1c(C)n(C)n(-c2ccccc2)c1=O. The molecule has 0 bridgehead atoms. The van der Waals surface area contributed by atoms with E-state index in [-0.39, 0.29) is 5.56 Å². The van der Waals surface area contributed by atoms with Crippen molar-refractivity contribution in [2.45, 2.75) is 20.8 Å². The van der Waals surface area contributed by atoms with E-state index in [0.717, 1.165) is 34.0 Å². The molecule has 1 aromatic carbocycles. The van der Waals surface area contributed by atoms with Gasteiger partial charge in [0.05, 0.1) is 17.1 Å². The summed E-state index contributed by atoms with van der Waals surface area (Å²) in [6, 6.07) is 11.7. The highest BCUT2D eigenvalue weighted by Gasteiger charge is 2.22. The van der Waals surface area contributed by atoms with Crippen molar-refractivity contribution in [2.24, 2.45) is 7.05 Å². The number of thiazole rings is 1. The Morgan fingerprint density at radius 1 is 1.07 bits per heavy atom. The first-order chi connectivity index (χ1) is 12.9. The van der Waals surface area contributed by atoms with E-state index >= 15 is 0 Å². The fourth-order valence-electron chi connectivity index (χ4n) is 3.59. The number of hydrogen-bond donors (Lipinski definition) is 1. The zero-order chi connectivity index (χ0) is 19.3. The summed E-state index contributed by atoms with van der Waals surface area (Å²) in [6.45, 7) is 5.98. The number of para-hydroxylation sites is 1. The maximum absolute atomic E-state index is 13.4. The topological polar surface area (TPSA) is 70.8 Å². The maximum atomic E-state index is 13.4. The molecule has 0 spiro atoms. The smallest absolute Gasteiger partial charge is 0.295 e. The van der Waals surface area contributed by atoms with Gasteiger partial charge in [-0.2, -0.15) is 0 Å². The molecule has 2 N–H and O–H groups in total. The van der Waals surface area contributed by atoms with E-state index in [1.165, 1.54) is 11.3 Å². The first-order valence-electron chi connectivity index (χ1n) is 8.65. The minimum Gasteiger partial charge on any atom is -0.375 e. The molecule has 3 heterocycles. The van der Waals surface area contributed by atoms with Crippen molar-refractivity contribution < 1.29 is 0 Å². The Hall–Kier alpha value is -3.06. The zero-order valence-electron chi connectivity index (χ0n) is 15.7. The molecule has 0 amide bonds. The number of benzene rings is 1. The van der Waals surface area contributed by atoms with E-state index in [1.807, 2.05) is 72.8 Å². The lowest BCUT2D eigenvalue weighted by atomic mass is 10.2. The van der Waals surface area contributed by atoms with Crippen molar-refractivity contribution in [3.8, 4) is 22.6 Å². The predicted octanol–water partition coefficient (Wildman–Crippen LogP) is 3.60. The lowest BCUT2D eigenvalue weighted by molar-refractivity contribution is 0.630. The van der Waals surface area contributed by atoms with Crippen LogP contribution < -0.4 is 11.3 Å². The van der Waals surface area contributed by atoms with Crippen LogP contribution in [0.2, 0.25) is 0 Å². The molecule has 0 radical (unpaired) electrons. The molecule has 3 aromatic heterocycles. The molecule has 0 unspecified atom stereocenters. The molecule has 0 saturated carbocycles. The molecular weight excluding hydrogens is 358 g/mol. The first-order valence-corrected chi connectivity index (χ1v) is 9.53. The Morgan fingerprint density at radius 2 is 1.78 bits per heavy atom. The number of aromatic nitrogens is 4. The molecule has 0 atom stereocenters.